The van der Waals surface area contributed by atoms with Crippen molar-refractivity contribution in [3.8, 4) is 5.75 Å². The molecule has 1 atom stereocenters. The molecule has 3 N–H and O–H groups in total. The van der Waals surface area contributed by atoms with E-state index in [1.54, 1.807) is 0 Å². The molecule has 132 valence electrons. The van der Waals surface area contributed by atoms with Gasteiger partial charge in [-0.2, -0.15) is 0 Å². The van der Waals surface area contributed by atoms with Crippen molar-refractivity contribution in [2.24, 2.45) is 5.73 Å². The number of primary amides is 1. The Labute approximate surface area is 147 Å². The van der Waals surface area contributed by atoms with E-state index in [1.807, 2.05) is 26.0 Å². The van der Waals surface area contributed by atoms with Crippen molar-refractivity contribution in [2.75, 3.05) is 6.61 Å². The summed E-state index contributed by atoms with van der Waals surface area (Å²) < 4.78 is 33.8. The van der Waals surface area contributed by atoms with Crippen LogP contribution in [0.2, 0.25) is 0 Å². The van der Waals surface area contributed by atoms with Crippen LogP contribution >= 0.6 is 0 Å². The fourth-order valence-electron chi connectivity index (χ4n) is 3.05. The maximum absolute atomic E-state index is 12.7. The van der Waals surface area contributed by atoms with Crippen molar-refractivity contribution >= 4 is 15.9 Å². The fourth-order valence-corrected chi connectivity index (χ4v) is 4.30. The van der Waals surface area contributed by atoms with Crippen LogP contribution < -0.4 is 15.2 Å². The van der Waals surface area contributed by atoms with Gasteiger partial charge in [0.15, 0.2) is 0 Å². The predicted octanol–water partition coefficient (Wildman–Crippen LogP) is 2.20. The van der Waals surface area contributed by atoms with E-state index in [4.69, 9.17) is 10.5 Å². The van der Waals surface area contributed by atoms with Gasteiger partial charge in [0.2, 0.25) is 15.9 Å². The minimum atomic E-state index is -3.73. The van der Waals surface area contributed by atoms with Gasteiger partial charge in [0.25, 0.3) is 0 Å². The molecule has 1 aliphatic rings. The minimum Gasteiger partial charge on any atom is -0.493 e. The van der Waals surface area contributed by atoms with Crippen molar-refractivity contribution in [1.29, 1.82) is 0 Å². The molecule has 0 spiro atoms. The number of hydrogen-bond donors (Lipinski definition) is 2. The van der Waals surface area contributed by atoms with Gasteiger partial charge in [0.05, 0.1) is 17.5 Å². The largest absolute Gasteiger partial charge is 0.493 e. The molecule has 7 heteroatoms. The summed E-state index contributed by atoms with van der Waals surface area (Å²) in [6.07, 6.45) is 0.550. The number of hydrogen-bond acceptors (Lipinski definition) is 4. The van der Waals surface area contributed by atoms with Crippen molar-refractivity contribution < 1.29 is 17.9 Å². The highest BCUT2D eigenvalue weighted by Gasteiger charge is 2.28. The number of nitrogens with one attached hydrogen (secondary N) is 1. The molecular formula is C18H20N2O4S. The van der Waals surface area contributed by atoms with Crippen LogP contribution in [0.3, 0.4) is 0 Å². The van der Waals surface area contributed by atoms with Gasteiger partial charge in [-0.25, -0.2) is 13.1 Å². The average Bonchev–Trinajstić information content (AvgIpc) is 2.55. The summed E-state index contributed by atoms with van der Waals surface area (Å²) in [6, 6.07) is 9.17. The summed E-state index contributed by atoms with van der Waals surface area (Å²) in [7, 11) is -3.73. The summed E-state index contributed by atoms with van der Waals surface area (Å²) in [4.78, 5) is 11.2. The number of rotatable bonds is 4. The van der Waals surface area contributed by atoms with Gasteiger partial charge < -0.3 is 10.5 Å². The van der Waals surface area contributed by atoms with Gasteiger partial charge >= 0.3 is 0 Å². The van der Waals surface area contributed by atoms with Gasteiger partial charge in [-0.15, -0.1) is 0 Å². The number of benzene rings is 2. The molecule has 0 aromatic heterocycles. The molecule has 1 aliphatic heterocycles. The Hall–Kier alpha value is -2.38. The molecule has 2 aromatic carbocycles. The molecule has 0 saturated heterocycles. The van der Waals surface area contributed by atoms with Crippen molar-refractivity contribution in [3.63, 3.8) is 0 Å². The second-order valence-corrected chi connectivity index (χ2v) is 7.91. The van der Waals surface area contributed by atoms with Crippen LogP contribution in [0.1, 0.15) is 39.5 Å². The molecule has 25 heavy (non-hydrogen) atoms. The number of fused-ring (bicyclic) bond motifs is 1. The van der Waals surface area contributed by atoms with Gasteiger partial charge in [0.1, 0.15) is 5.75 Å². The molecule has 0 aliphatic carbocycles. The van der Waals surface area contributed by atoms with Crippen molar-refractivity contribution in [1.82, 2.24) is 4.72 Å². The maximum atomic E-state index is 12.7. The summed E-state index contributed by atoms with van der Waals surface area (Å²) >= 11 is 0. The molecule has 0 fully saturated rings. The smallest absolute Gasteiger partial charge is 0.248 e. The molecule has 0 saturated carbocycles. The Morgan fingerprint density at radius 1 is 1.20 bits per heavy atom. The Morgan fingerprint density at radius 2 is 1.88 bits per heavy atom. The van der Waals surface area contributed by atoms with Crippen LogP contribution in [-0.2, 0) is 10.0 Å². The predicted molar refractivity (Wildman–Crippen MR) is 94.1 cm³/mol. The highest BCUT2D eigenvalue weighted by Crippen LogP contribution is 2.36. The van der Waals surface area contributed by atoms with Crippen LogP contribution in [0.15, 0.2) is 41.3 Å². The van der Waals surface area contributed by atoms with Crippen molar-refractivity contribution in [3.05, 3.63) is 58.7 Å². The monoisotopic (exact) mass is 360 g/mol. The highest BCUT2D eigenvalue weighted by molar-refractivity contribution is 7.89. The zero-order valence-corrected chi connectivity index (χ0v) is 14.9. The first-order chi connectivity index (χ1) is 11.8. The third kappa shape index (κ3) is 3.52. The number of nitrogens with two attached hydrogens (primary N) is 1. The van der Waals surface area contributed by atoms with Crippen LogP contribution in [0, 0.1) is 13.8 Å². The normalized spacial score (nSPS) is 16.8. The molecule has 6 nitrogen and oxygen atoms in total. The van der Waals surface area contributed by atoms with Crippen LogP contribution in [0.4, 0.5) is 0 Å². The summed E-state index contributed by atoms with van der Waals surface area (Å²) in [5.41, 5.74) is 8.34. The molecule has 1 unspecified atom stereocenters. The van der Waals surface area contributed by atoms with Crippen LogP contribution in [-0.4, -0.2) is 20.9 Å². The van der Waals surface area contributed by atoms with E-state index in [2.05, 4.69) is 4.72 Å². The lowest BCUT2D eigenvalue weighted by molar-refractivity contribution is 0.1000. The van der Waals surface area contributed by atoms with E-state index in [9.17, 15) is 13.2 Å². The first-order valence-electron chi connectivity index (χ1n) is 7.94. The molecule has 1 amide bonds. The Kier molecular flexibility index (Phi) is 4.53. The first kappa shape index (κ1) is 17.4. The van der Waals surface area contributed by atoms with Crippen LogP contribution in [0.25, 0.3) is 0 Å². The average molecular weight is 360 g/mol. The zero-order chi connectivity index (χ0) is 18.2. The Morgan fingerprint density at radius 3 is 2.52 bits per heavy atom. The van der Waals surface area contributed by atoms with E-state index in [0.29, 0.717) is 13.0 Å². The van der Waals surface area contributed by atoms with E-state index >= 15 is 0 Å². The number of ether oxygens (including phenoxy) is 1. The summed E-state index contributed by atoms with van der Waals surface area (Å²) in [6.45, 7) is 4.37. The quantitative estimate of drug-likeness (QED) is 0.873. The van der Waals surface area contributed by atoms with Crippen LogP contribution in [0.5, 0.6) is 5.75 Å². The van der Waals surface area contributed by atoms with Gasteiger partial charge in [0, 0.05) is 17.5 Å². The van der Waals surface area contributed by atoms with E-state index in [0.717, 1.165) is 22.4 Å². The second kappa shape index (κ2) is 6.50. The third-order valence-electron chi connectivity index (χ3n) is 4.22. The minimum absolute atomic E-state index is 0.0925. The fraction of sp³-hybridized carbons (Fsp3) is 0.278. The number of sulfonamides is 1. The molecule has 0 radical (unpaired) electrons. The number of carbonyl (C=O) groups excluding carboxylic acids is 1. The highest BCUT2D eigenvalue weighted by atomic mass is 32.2. The molecule has 0 bridgehead atoms. The maximum Gasteiger partial charge on any atom is 0.248 e. The molecular weight excluding hydrogens is 340 g/mol. The lowest BCUT2D eigenvalue weighted by atomic mass is 9.96. The second-order valence-electron chi connectivity index (χ2n) is 6.20. The third-order valence-corrected chi connectivity index (χ3v) is 5.71. The van der Waals surface area contributed by atoms with E-state index < -0.39 is 15.9 Å². The SMILES string of the molecule is Cc1cc(C)c2c(c1)C(NS(=O)(=O)c1ccc(C(N)=O)cc1)CCO2. The van der Waals surface area contributed by atoms with Crippen molar-refractivity contribution in [2.45, 2.75) is 31.2 Å². The molecule has 2 aromatic rings. The van der Waals surface area contributed by atoms with E-state index in [-0.39, 0.29) is 16.5 Å². The van der Waals surface area contributed by atoms with Gasteiger partial charge in [-0.1, -0.05) is 17.7 Å². The summed E-state index contributed by atoms with van der Waals surface area (Å²) in [5, 5.41) is 0. The molecule has 3 rings (SSSR count). The lowest BCUT2D eigenvalue weighted by Gasteiger charge is -2.28. The first-order valence-corrected chi connectivity index (χ1v) is 9.42. The topological polar surface area (TPSA) is 98.5 Å². The number of aryl methyl sites for hydroxylation is 2. The van der Waals surface area contributed by atoms with E-state index in [1.165, 1.54) is 24.3 Å². The zero-order valence-electron chi connectivity index (χ0n) is 14.1. The number of carbonyl (C=O) groups is 1. The number of amides is 1. The Bertz CT molecular complexity index is 921. The lowest BCUT2D eigenvalue weighted by Crippen LogP contribution is -2.32. The summed E-state index contributed by atoms with van der Waals surface area (Å²) in [5.74, 6) is 0.148. The standard InChI is InChI=1S/C18H20N2O4S/c1-11-9-12(2)17-15(10-11)16(7-8-24-17)20-25(22,23)14-5-3-13(4-6-14)18(19)21/h3-6,9-10,16,20H,7-8H2,1-2H3,(H2,19,21). The van der Waals surface area contributed by atoms with Gasteiger partial charge in [-0.05, 0) is 43.7 Å². The Balaban J connectivity index is 1.91. The molecule has 1 heterocycles. The van der Waals surface area contributed by atoms with Gasteiger partial charge in [-0.3, -0.25) is 4.79 Å².